The van der Waals surface area contributed by atoms with Crippen LogP contribution in [0.2, 0.25) is 0 Å². The van der Waals surface area contributed by atoms with Gasteiger partial charge in [0.05, 0.1) is 0 Å². The molecule has 0 fully saturated rings. The molecule has 88 valence electrons. The van der Waals surface area contributed by atoms with Crippen LogP contribution in [0.1, 0.15) is 31.9 Å². The Morgan fingerprint density at radius 3 is 2.75 bits per heavy atom. The van der Waals surface area contributed by atoms with Crippen LogP contribution in [-0.2, 0) is 0 Å². The second kappa shape index (κ2) is 5.66. The molecule has 0 heterocycles. The first-order chi connectivity index (χ1) is 7.54. The predicted octanol–water partition coefficient (Wildman–Crippen LogP) is 3.19. The van der Waals surface area contributed by atoms with Crippen molar-refractivity contribution in [3.63, 3.8) is 0 Å². The molecule has 3 heteroatoms. The van der Waals surface area contributed by atoms with Gasteiger partial charge in [-0.3, -0.25) is 0 Å². The minimum atomic E-state index is -0.324. The van der Waals surface area contributed by atoms with Crippen LogP contribution in [0, 0.1) is 5.82 Å². The van der Waals surface area contributed by atoms with E-state index in [1.807, 2.05) is 6.92 Å². The summed E-state index contributed by atoms with van der Waals surface area (Å²) in [6, 6.07) is 4.44. The number of hydrogen-bond donors (Lipinski definition) is 1. The zero-order chi connectivity index (χ0) is 12.1. The van der Waals surface area contributed by atoms with Crippen LogP contribution in [0.4, 0.5) is 4.39 Å². The summed E-state index contributed by atoms with van der Waals surface area (Å²) in [5.41, 5.74) is 7.10. The van der Waals surface area contributed by atoms with Crippen molar-refractivity contribution in [3.8, 4) is 5.75 Å². The van der Waals surface area contributed by atoms with Gasteiger partial charge in [-0.05, 0) is 25.0 Å². The fraction of sp³-hybridized carbons (Fsp3) is 0.385. The lowest BCUT2D eigenvalue weighted by Gasteiger charge is -2.10. The summed E-state index contributed by atoms with van der Waals surface area (Å²) in [5.74, 6) is 0.186. The third-order valence-corrected chi connectivity index (χ3v) is 2.41. The van der Waals surface area contributed by atoms with E-state index in [-0.39, 0.29) is 11.9 Å². The summed E-state index contributed by atoms with van der Waals surface area (Å²) in [6.07, 6.45) is 0.862. The molecule has 0 bridgehead atoms. The van der Waals surface area contributed by atoms with E-state index >= 15 is 0 Å². The molecule has 2 N–H and O–H groups in total. The van der Waals surface area contributed by atoms with Gasteiger partial charge in [-0.25, -0.2) is 4.39 Å². The average molecular weight is 223 g/mol. The number of benzene rings is 1. The van der Waals surface area contributed by atoms with Gasteiger partial charge in [0.15, 0.2) is 0 Å². The second-order valence-corrected chi connectivity index (χ2v) is 3.86. The van der Waals surface area contributed by atoms with Crippen molar-refractivity contribution < 1.29 is 9.13 Å². The Bertz CT molecular complexity index is 374. The topological polar surface area (TPSA) is 35.2 Å². The molecular formula is C13H18FNO. The maximum atomic E-state index is 13.5. The van der Waals surface area contributed by atoms with E-state index in [1.165, 1.54) is 6.07 Å². The lowest BCUT2D eigenvalue weighted by atomic mass is 10.1. The van der Waals surface area contributed by atoms with Crippen LogP contribution in [0.3, 0.4) is 0 Å². The fourth-order valence-electron chi connectivity index (χ4n) is 1.25. The van der Waals surface area contributed by atoms with Crippen molar-refractivity contribution in [1.29, 1.82) is 0 Å². The van der Waals surface area contributed by atoms with Gasteiger partial charge in [0.1, 0.15) is 18.2 Å². The van der Waals surface area contributed by atoms with Gasteiger partial charge in [0, 0.05) is 17.7 Å². The number of hydrogen-bond acceptors (Lipinski definition) is 2. The van der Waals surface area contributed by atoms with Crippen LogP contribution in [-0.4, -0.2) is 6.61 Å². The monoisotopic (exact) mass is 223 g/mol. The number of ether oxygens (including phenoxy) is 1. The first-order valence-corrected chi connectivity index (χ1v) is 5.39. The quantitative estimate of drug-likeness (QED) is 0.778. The summed E-state index contributed by atoms with van der Waals surface area (Å²) >= 11 is 0. The second-order valence-electron chi connectivity index (χ2n) is 3.86. The van der Waals surface area contributed by atoms with Crippen molar-refractivity contribution >= 4 is 0 Å². The Morgan fingerprint density at radius 2 is 2.25 bits per heavy atom. The molecule has 0 aliphatic heterocycles. The molecule has 0 saturated carbocycles. The summed E-state index contributed by atoms with van der Waals surface area (Å²) in [4.78, 5) is 0. The minimum Gasteiger partial charge on any atom is -0.489 e. The fourth-order valence-corrected chi connectivity index (χ4v) is 1.25. The normalized spacial score (nSPS) is 12.2. The molecule has 1 aromatic carbocycles. The van der Waals surface area contributed by atoms with E-state index in [0.717, 1.165) is 12.0 Å². The molecule has 0 spiro atoms. The summed E-state index contributed by atoms with van der Waals surface area (Å²) in [7, 11) is 0. The highest BCUT2D eigenvalue weighted by Gasteiger charge is 2.07. The molecule has 0 amide bonds. The summed E-state index contributed by atoms with van der Waals surface area (Å²) in [6.45, 7) is 8.00. The van der Waals surface area contributed by atoms with Gasteiger partial charge in [-0.15, -0.1) is 0 Å². The van der Waals surface area contributed by atoms with E-state index in [4.69, 9.17) is 10.5 Å². The summed E-state index contributed by atoms with van der Waals surface area (Å²) in [5, 5.41) is 0. The van der Waals surface area contributed by atoms with Crippen molar-refractivity contribution in [3.05, 3.63) is 41.7 Å². The zero-order valence-electron chi connectivity index (χ0n) is 9.79. The Kier molecular flexibility index (Phi) is 4.50. The number of nitrogens with two attached hydrogens (primary N) is 1. The van der Waals surface area contributed by atoms with E-state index in [9.17, 15) is 4.39 Å². The largest absolute Gasteiger partial charge is 0.489 e. The molecule has 0 aliphatic carbocycles. The van der Waals surface area contributed by atoms with E-state index in [0.29, 0.717) is 17.9 Å². The predicted molar refractivity (Wildman–Crippen MR) is 63.9 cm³/mol. The summed E-state index contributed by atoms with van der Waals surface area (Å²) < 4.78 is 18.9. The maximum absolute atomic E-state index is 13.5. The third kappa shape index (κ3) is 3.35. The first kappa shape index (κ1) is 12.7. The smallest absolute Gasteiger partial charge is 0.131 e. The van der Waals surface area contributed by atoms with Crippen LogP contribution >= 0.6 is 0 Å². The molecule has 0 saturated heterocycles. The standard InChI is InChI=1S/C13H18FNO/c1-4-9(2)8-16-11-5-6-12(10(3)15)13(14)7-11/h5-7,10H,2,4,8,15H2,1,3H3. The molecule has 0 aromatic heterocycles. The molecule has 1 rings (SSSR count). The van der Waals surface area contributed by atoms with Crippen LogP contribution in [0.25, 0.3) is 0 Å². The maximum Gasteiger partial charge on any atom is 0.131 e. The Labute approximate surface area is 95.9 Å². The van der Waals surface area contributed by atoms with Crippen molar-refractivity contribution in [2.24, 2.45) is 5.73 Å². The lowest BCUT2D eigenvalue weighted by molar-refractivity contribution is 0.346. The van der Waals surface area contributed by atoms with Gasteiger partial charge in [0.25, 0.3) is 0 Å². The van der Waals surface area contributed by atoms with Gasteiger partial charge in [-0.2, -0.15) is 0 Å². The minimum absolute atomic E-state index is 0.306. The first-order valence-electron chi connectivity index (χ1n) is 5.39. The number of rotatable bonds is 5. The average Bonchev–Trinajstić information content (AvgIpc) is 2.25. The molecule has 1 atom stereocenters. The lowest BCUT2D eigenvalue weighted by Crippen LogP contribution is -2.08. The highest BCUT2D eigenvalue weighted by atomic mass is 19.1. The molecule has 1 unspecified atom stereocenters. The number of halogens is 1. The van der Waals surface area contributed by atoms with E-state index < -0.39 is 0 Å². The van der Waals surface area contributed by atoms with E-state index in [2.05, 4.69) is 6.58 Å². The Hall–Kier alpha value is -1.35. The molecule has 16 heavy (non-hydrogen) atoms. The molecular weight excluding hydrogens is 205 g/mol. The van der Waals surface area contributed by atoms with Gasteiger partial charge in [0.2, 0.25) is 0 Å². The molecule has 0 radical (unpaired) electrons. The van der Waals surface area contributed by atoms with E-state index in [1.54, 1.807) is 19.1 Å². The molecule has 2 nitrogen and oxygen atoms in total. The van der Waals surface area contributed by atoms with Gasteiger partial charge in [-0.1, -0.05) is 19.6 Å². The molecule has 0 aliphatic rings. The van der Waals surface area contributed by atoms with Crippen LogP contribution in [0.5, 0.6) is 5.75 Å². The van der Waals surface area contributed by atoms with Gasteiger partial charge >= 0.3 is 0 Å². The molecule has 1 aromatic rings. The Balaban J connectivity index is 2.70. The third-order valence-electron chi connectivity index (χ3n) is 2.41. The van der Waals surface area contributed by atoms with Gasteiger partial charge < -0.3 is 10.5 Å². The Morgan fingerprint density at radius 1 is 1.56 bits per heavy atom. The highest BCUT2D eigenvalue weighted by molar-refractivity contribution is 5.30. The SMILES string of the molecule is C=C(CC)COc1ccc(C(C)N)c(F)c1. The highest BCUT2D eigenvalue weighted by Crippen LogP contribution is 2.20. The van der Waals surface area contributed by atoms with Crippen LogP contribution in [0.15, 0.2) is 30.4 Å². The van der Waals surface area contributed by atoms with Crippen molar-refractivity contribution in [1.82, 2.24) is 0 Å². The zero-order valence-corrected chi connectivity index (χ0v) is 9.79. The van der Waals surface area contributed by atoms with Crippen LogP contribution < -0.4 is 10.5 Å². The van der Waals surface area contributed by atoms with Crippen molar-refractivity contribution in [2.45, 2.75) is 26.3 Å². The van der Waals surface area contributed by atoms with Crippen molar-refractivity contribution in [2.75, 3.05) is 6.61 Å².